The molecule has 2 aromatic heterocycles. The van der Waals surface area contributed by atoms with Crippen molar-refractivity contribution in [2.75, 3.05) is 44.8 Å². The van der Waals surface area contributed by atoms with Crippen molar-refractivity contribution in [2.24, 2.45) is 0 Å². The van der Waals surface area contributed by atoms with Crippen LogP contribution in [0.2, 0.25) is 5.02 Å². The van der Waals surface area contributed by atoms with Gasteiger partial charge >= 0.3 is 0 Å². The number of pyridine rings is 1. The molecule has 0 radical (unpaired) electrons. The van der Waals surface area contributed by atoms with Crippen LogP contribution in [0.5, 0.6) is 0 Å². The number of benzene rings is 2. The van der Waals surface area contributed by atoms with Crippen molar-refractivity contribution < 1.29 is 0 Å². The number of fused-ring (bicyclic) bond motifs is 1. The van der Waals surface area contributed by atoms with E-state index in [9.17, 15) is 0 Å². The van der Waals surface area contributed by atoms with Crippen LogP contribution in [0.4, 0.5) is 5.82 Å². The van der Waals surface area contributed by atoms with E-state index in [1.54, 1.807) is 18.0 Å². The maximum atomic E-state index is 6.60. The van der Waals surface area contributed by atoms with Crippen LogP contribution in [-0.2, 0) is 0 Å². The van der Waals surface area contributed by atoms with Gasteiger partial charge in [0.1, 0.15) is 5.03 Å². The summed E-state index contributed by atoms with van der Waals surface area (Å²) in [6.45, 7) is 4.23. The molecule has 0 saturated carbocycles. The summed E-state index contributed by atoms with van der Waals surface area (Å²) in [6, 6.07) is 17.9. The summed E-state index contributed by atoms with van der Waals surface area (Å²) in [7, 11) is 2.16. The molecule has 0 atom stereocenters. The highest BCUT2D eigenvalue weighted by Gasteiger charge is 2.19. The van der Waals surface area contributed by atoms with E-state index < -0.39 is 0 Å². The van der Waals surface area contributed by atoms with E-state index in [1.165, 1.54) is 0 Å². The van der Waals surface area contributed by atoms with Gasteiger partial charge in [-0.05, 0) is 25.2 Å². The highest BCUT2D eigenvalue weighted by Crippen LogP contribution is 2.36. The molecule has 0 bridgehead atoms. The standard InChI is InChI=1S/C25H25ClN6S/c1-31-10-12-32(13-11-31)16-33-25-24(27)29-22(17-6-3-2-4-7-17)23(30-25)19-14-18-8-5-9-28-21(18)20(26)15-19/h2-9,14-15H,10-13,16H2,1H3,(H2,27,29). The number of hydrogen-bond donors (Lipinski definition) is 1. The van der Waals surface area contributed by atoms with E-state index in [2.05, 4.69) is 27.9 Å². The minimum Gasteiger partial charge on any atom is -0.381 e. The second-order valence-electron chi connectivity index (χ2n) is 8.21. The van der Waals surface area contributed by atoms with Crippen molar-refractivity contribution in [1.82, 2.24) is 24.8 Å². The Kier molecular flexibility index (Phi) is 6.46. The lowest BCUT2D eigenvalue weighted by Crippen LogP contribution is -2.44. The third-order valence-electron chi connectivity index (χ3n) is 5.85. The maximum Gasteiger partial charge on any atom is 0.156 e. The van der Waals surface area contributed by atoms with E-state index >= 15 is 0 Å². The predicted octanol–water partition coefficient (Wildman–Crippen LogP) is 4.89. The smallest absolute Gasteiger partial charge is 0.156 e. The summed E-state index contributed by atoms with van der Waals surface area (Å²) in [4.78, 5) is 19.0. The van der Waals surface area contributed by atoms with Gasteiger partial charge in [-0.1, -0.05) is 59.8 Å². The molecule has 1 aliphatic rings. The number of likely N-dealkylation sites (N-methyl/N-ethyl adjacent to an activating group) is 1. The van der Waals surface area contributed by atoms with Crippen molar-refractivity contribution in [1.29, 1.82) is 0 Å². The summed E-state index contributed by atoms with van der Waals surface area (Å²) in [5.74, 6) is 1.28. The molecule has 33 heavy (non-hydrogen) atoms. The third-order valence-corrected chi connectivity index (χ3v) is 7.20. The molecule has 8 heteroatoms. The van der Waals surface area contributed by atoms with Gasteiger partial charge in [0, 0.05) is 48.9 Å². The van der Waals surface area contributed by atoms with Crippen LogP contribution < -0.4 is 5.73 Å². The highest BCUT2D eigenvalue weighted by molar-refractivity contribution is 7.99. The van der Waals surface area contributed by atoms with Crippen LogP contribution >= 0.6 is 23.4 Å². The second kappa shape index (κ2) is 9.65. The first-order valence-corrected chi connectivity index (χ1v) is 12.3. The molecule has 0 spiro atoms. The molecule has 1 aliphatic heterocycles. The average Bonchev–Trinajstić information content (AvgIpc) is 2.84. The van der Waals surface area contributed by atoms with Crippen LogP contribution in [-0.4, -0.2) is 63.9 Å². The zero-order chi connectivity index (χ0) is 22.8. The largest absolute Gasteiger partial charge is 0.381 e. The number of nitrogens with two attached hydrogens (primary N) is 1. The van der Waals surface area contributed by atoms with Crippen LogP contribution in [0.3, 0.4) is 0 Å². The molecule has 2 N–H and O–H groups in total. The Balaban J connectivity index is 1.56. The molecule has 0 aliphatic carbocycles. The lowest BCUT2D eigenvalue weighted by molar-refractivity contribution is 0.175. The van der Waals surface area contributed by atoms with E-state index in [-0.39, 0.29) is 0 Å². The molecule has 0 amide bonds. The maximum absolute atomic E-state index is 6.60. The molecule has 6 nitrogen and oxygen atoms in total. The molecular weight excluding hydrogens is 452 g/mol. The summed E-state index contributed by atoms with van der Waals surface area (Å²) in [6.07, 6.45) is 1.75. The zero-order valence-electron chi connectivity index (χ0n) is 18.4. The van der Waals surface area contributed by atoms with Gasteiger partial charge < -0.3 is 10.6 Å². The van der Waals surface area contributed by atoms with Crippen molar-refractivity contribution in [2.45, 2.75) is 5.03 Å². The summed E-state index contributed by atoms with van der Waals surface area (Å²) in [5, 5.41) is 2.29. The van der Waals surface area contributed by atoms with Gasteiger partial charge in [-0.2, -0.15) is 0 Å². The minimum atomic E-state index is 0.449. The fourth-order valence-corrected chi connectivity index (χ4v) is 5.14. The second-order valence-corrected chi connectivity index (χ2v) is 9.55. The quantitative estimate of drug-likeness (QED) is 0.411. The fraction of sp³-hybridized carbons (Fsp3) is 0.240. The molecule has 2 aromatic carbocycles. The van der Waals surface area contributed by atoms with Crippen molar-refractivity contribution in [3.05, 3.63) is 65.8 Å². The minimum absolute atomic E-state index is 0.449. The molecule has 0 unspecified atom stereocenters. The van der Waals surface area contributed by atoms with Crippen LogP contribution in [0.1, 0.15) is 0 Å². The first-order valence-electron chi connectivity index (χ1n) is 10.9. The lowest BCUT2D eigenvalue weighted by atomic mass is 10.0. The van der Waals surface area contributed by atoms with Gasteiger partial charge in [0.15, 0.2) is 5.82 Å². The van der Waals surface area contributed by atoms with E-state index in [1.807, 2.05) is 48.5 Å². The van der Waals surface area contributed by atoms with Crippen molar-refractivity contribution in [3.63, 3.8) is 0 Å². The summed E-state index contributed by atoms with van der Waals surface area (Å²) in [5.41, 5.74) is 10.6. The van der Waals surface area contributed by atoms with E-state index in [4.69, 9.17) is 27.3 Å². The molecular formula is C25H25ClN6S. The summed E-state index contributed by atoms with van der Waals surface area (Å²) < 4.78 is 0. The molecule has 3 heterocycles. The number of anilines is 1. The Morgan fingerprint density at radius 2 is 1.70 bits per heavy atom. The topological polar surface area (TPSA) is 71.2 Å². The molecule has 5 rings (SSSR count). The Morgan fingerprint density at radius 3 is 2.48 bits per heavy atom. The number of halogens is 1. The van der Waals surface area contributed by atoms with Gasteiger partial charge in [-0.3, -0.25) is 9.88 Å². The van der Waals surface area contributed by atoms with Gasteiger partial charge in [0.25, 0.3) is 0 Å². The number of piperazine rings is 1. The number of nitrogen functional groups attached to an aromatic ring is 1. The average molecular weight is 477 g/mol. The molecule has 168 valence electrons. The molecule has 4 aromatic rings. The van der Waals surface area contributed by atoms with Crippen LogP contribution in [0.15, 0.2) is 65.8 Å². The number of aromatic nitrogens is 3. The van der Waals surface area contributed by atoms with Gasteiger partial charge in [-0.15, -0.1) is 0 Å². The van der Waals surface area contributed by atoms with E-state index in [0.29, 0.717) is 10.8 Å². The highest BCUT2D eigenvalue weighted by atomic mass is 35.5. The van der Waals surface area contributed by atoms with E-state index in [0.717, 1.165) is 70.5 Å². The van der Waals surface area contributed by atoms with Crippen molar-refractivity contribution in [3.8, 4) is 22.5 Å². The normalized spacial score (nSPS) is 15.2. The van der Waals surface area contributed by atoms with Crippen molar-refractivity contribution >= 4 is 40.1 Å². The van der Waals surface area contributed by atoms with Gasteiger partial charge in [0.05, 0.1) is 27.8 Å². The zero-order valence-corrected chi connectivity index (χ0v) is 20.0. The Labute approximate surface area is 202 Å². The number of rotatable bonds is 5. The van der Waals surface area contributed by atoms with Crippen LogP contribution in [0.25, 0.3) is 33.4 Å². The number of thioether (sulfide) groups is 1. The Bertz CT molecular complexity index is 1270. The third kappa shape index (κ3) is 4.82. The van der Waals surface area contributed by atoms with Gasteiger partial charge in [-0.25, -0.2) is 9.97 Å². The SMILES string of the molecule is CN1CCN(CSc2nc(-c3cc(Cl)c4ncccc4c3)c(-c3ccccc3)nc2N)CC1. The monoisotopic (exact) mass is 476 g/mol. The van der Waals surface area contributed by atoms with Crippen LogP contribution in [0, 0.1) is 0 Å². The van der Waals surface area contributed by atoms with Gasteiger partial charge in [0.2, 0.25) is 0 Å². The fourth-order valence-electron chi connectivity index (χ4n) is 3.95. The Morgan fingerprint density at radius 1 is 0.939 bits per heavy atom. The summed E-state index contributed by atoms with van der Waals surface area (Å²) >= 11 is 8.24. The number of hydrogen-bond acceptors (Lipinski definition) is 7. The first kappa shape index (κ1) is 22.1. The molecule has 1 fully saturated rings. The number of nitrogens with zero attached hydrogens (tertiary/aromatic N) is 5. The predicted molar refractivity (Wildman–Crippen MR) is 137 cm³/mol. The molecule has 1 saturated heterocycles. The lowest BCUT2D eigenvalue weighted by Gasteiger charge is -2.31. The Hall–Kier alpha value is -2.71. The first-order chi connectivity index (χ1) is 16.1.